The first-order chi connectivity index (χ1) is 14.5. The van der Waals surface area contributed by atoms with Crippen molar-refractivity contribution in [3.05, 3.63) is 18.0 Å². The molecule has 0 aromatic carbocycles. The molecule has 170 valence electrons. The Bertz CT molecular complexity index is 752. The average molecular weight is 441 g/mol. The topological polar surface area (TPSA) is 94.3 Å². The minimum Gasteiger partial charge on any atom is -0.364 e. The number of piperidine rings is 1. The number of nitrogens with zero attached hydrogens (tertiary/aromatic N) is 5. The highest BCUT2D eigenvalue weighted by atomic mass is 32.2. The van der Waals surface area contributed by atoms with Gasteiger partial charge < -0.3 is 19.6 Å². The monoisotopic (exact) mass is 440 g/mol. The molecule has 3 rings (SSSR count). The largest absolute Gasteiger partial charge is 0.364 e. The second-order valence-corrected chi connectivity index (χ2v) is 10.1. The van der Waals surface area contributed by atoms with Crippen LogP contribution in [-0.4, -0.2) is 92.5 Å². The van der Waals surface area contributed by atoms with Gasteiger partial charge in [-0.1, -0.05) is 12.1 Å². The van der Waals surface area contributed by atoms with E-state index in [0.29, 0.717) is 37.8 Å². The van der Waals surface area contributed by atoms with Crippen LogP contribution < -0.4 is 5.32 Å². The highest BCUT2D eigenvalue weighted by Gasteiger charge is 2.29. The predicted molar refractivity (Wildman–Crippen MR) is 118 cm³/mol. The van der Waals surface area contributed by atoms with E-state index in [4.69, 9.17) is 9.52 Å². The molecule has 0 unspecified atom stereocenters. The van der Waals surface area contributed by atoms with Crippen LogP contribution in [0.25, 0.3) is 0 Å². The van der Waals surface area contributed by atoms with Gasteiger partial charge in [0.05, 0.1) is 5.69 Å². The van der Waals surface area contributed by atoms with Crippen LogP contribution >= 0.6 is 0 Å². The Morgan fingerprint density at radius 1 is 1.20 bits per heavy atom. The summed E-state index contributed by atoms with van der Waals surface area (Å²) in [6.45, 7) is 11.7. The molecule has 30 heavy (non-hydrogen) atoms. The Labute approximate surface area is 180 Å². The van der Waals surface area contributed by atoms with Crippen LogP contribution in [0.4, 0.5) is 0 Å². The number of aromatic nitrogens is 1. The summed E-state index contributed by atoms with van der Waals surface area (Å²) >= 11 is 0. The number of nitrogens with one attached hydrogen (secondary N) is 1. The van der Waals surface area contributed by atoms with Gasteiger partial charge in [-0.2, -0.15) is 4.31 Å². The van der Waals surface area contributed by atoms with E-state index in [1.54, 1.807) is 10.4 Å². The molecule has 0 radical (unpaired) electrons. The quantitative estimate of drug-likeness (QED) is 0.480. The number of piperazine rings is 1. The summed E-state index contributed by atoms with van der Waals surface area (Å²) in [6.07, 6.45) is 5.03. The number of sulfonamides is 1. The maximum atomic E-state index is 12.6. The molecule has 0 aliphatic carbocycles. The van der Waals surface area contributed by atoms with Crippen molar-refractivity contribution in [2.45, 2.75) is 38.9 Å². The van der Waals surface area contributed by atoms with Gasteiger partial charge in [-0.3, -0.25) is 4.99 Å². The summed E-state index contributed by atoms with van der Waals surface area (Å²) in [5, 5.41) is 7.11. The molecule has 2 fully saturated rings. The lowest BCUT2D eigenvalue weighted by molar-refractivity contribution is 0.187. The molecular weight excluding hydrogens is 404 g/mol. The zero-order valence-corrected chi connectivity index (χ0v) is 19.1. The van der Waals surface area contributed by atoms with Gasteiger partial charge in [0.15, 0.2) is 5.96 Å². The summed E-state index contributed by atoms with van der Waals surface area (Å²) in [6, 6.07) is 1.59. The number of hydrogen-bond donors (Lipinski definition) is 1. The molecule has 1 N–H and O–H groups in total. The molecule has 2 saturated heterocycles. The van der Waals surface area contributed by atoms with Crippen LogP contribution in [0.15, 0.2) is 21.8 Å². The van der Waals surface area contributed by atoms with E-state index in [2.05, 4.69) is 34.1 Å². The molecular formula is C20H36N6O3S. The van der Waals surface area contributed by atoms with E-state index >= 15 is 0 Å². The van der Waals surface area contributed by atoms with E-state index in [0.717, 1.165) is 19.0 Å². The molecule has 0 amide bonds. The summed E-state index contributed by atoms with van der Waals surface area (Å²) in [5.41, 5.74) is 0.442. The van der Waals surface area contributed by atoms with Gasteiger partial charge in [-0.05, 0) is 51.7 Å². The molecule has 2 aliphatic rings. The maximum Gasteiger partial charge on any atom is 0.220 e. The van der Waals surface area contributed by atoms with Crippen LogP contribution in [0, 0.1) is 5.92 Å². The van der Waals surface area contributed by atoms with Gasteiger partial charge in [0, 0.05) is 45.3 Å². The van der Waals surface area contributed by atoms with Crippen LogP contribution in [-0.2, 0) is 15.8 Å². The molecule has 0 bridgehead atoms. The molecule has 9 nitrogen and oxygen atoms in total. The van der Waals surface area contributed by atoms with Crippen LogP contribution in [0.1, 0.15) is 38.8 Å². The van der Waals surface area contributed by atoms with Crippen molar-refractivity contribution in [1.82, 2.24) is 24.6 Å². The zero-order chi connectivity index (χ0) is 21.4. The van der Waals surface area contributed by atoms with Gasteiger partial charge in [0.1, 0.15) is 12.0 Å². The molecule has 0 saturated carbocycles. The van der Waals surface area contributed by atoms with Gasteiger partial charge in [0.25, 0.3) is 0 Å². The van der Waals surface area contributed by atoms with Gasteiger partial charge in [-0.15, -0.1) is 0 Å². The number of hydrogen-bond acceptors (Lipinski definition) is 6. The van der Waals surface area contributed by atoms with Gasteiger partial charge in [0.2, 0.25) is 10.0 Å². The highest BCUT2D eigenvalue weighted by molar-refractivity contribution is 7.88. The lowest BCUT2D eigenvalue weighted by Crippen LogP contribution is -2.54. The molecule has 0 atom stereocenters. The van der Waals surface area contributed by atoms with Crippen molar-refractivity contribution >= 4 is 16.0 Å². The first kappa shape index (κ1) is 23.0. The van der Waals surface area contributed by atoms with E-state index < -0.39 is 10.0 Å². The summed E-state index contributed by atoms with van der Waals surface area (Å²) < 4.78 is 31.6. The lowest BCUT2D eigenvalue weighted by Gasteiger charge is -2.36. The second kappa shape index (κ2) is 11.1. The van der Waals surface area contributed by atoms with Crippen LogP contribution in [0.3, 0.4) is 0 Å². The lowest BCUT2D eigenvalue weighted by atomic mass is 9.97. The van der Waals surface area contributed by atoms with Crippen molar-refractivity contribution in [2.24, 2.45) is 10.9 Å². The number of guanidine groups is 1. The summed E-state index contributed by atoms with van der Waals surface area (Å²) in [4.78, 5) is 9.63. The predicted octanol–water partition coefficient (Wildman–Crippen LogP) is 1.21. The van der Waals surface area contributed by atoms with E-state index in [-0.39, 0.29) is 5.75 Å². The second-order valence-electron chi connectivity index (χ2n) is 8.11. The smallest absolute Gasteiger partial charge is 0.220 e. The average Bonchev–Trinajstić information content (AvgIpc) is 3.25. The van der Waals surface area contributed by atoms with Crippen molar-refractivity contribution in [3.63, 3.8) is 0 Å². The minimum atomic E-state index is -3.39. The summed E-state index contributed by atoms with van der Waals surface area (Å²) in [7, 11) is -3.39. The van der Waals surface area contributed by atoms with Crippen molar-refractivity contribution < 1.29 is 12.9 Å². The van der Waals surface area contributed by atoms with Gasteiger partial charge >= 0.3 is 0 Å². The van der Waals surface area contributed by atoms with Crippen LogP contribution in [0.2, 0.25) is 0 Å². The molecule has 3 heterocycles. The first-order valence-corrected chi connectivity index (χ1v) is 12.8. The minimum absolute atomic E-state index is 0.117. The summed E-state index contributed by atoms with van der Waals surface area (Å²) in [5.74, 6) is 1.42. The fraction of sp³-hybridized carbons (Fsp3) is 0.800. The van der Waals surface area contributed by atoms with E-state index in [1.165, 1.54) is 45.2 Å². The Kier molecular flexibility index (Phi) is 8.52. The van der Waals surface area contributed by atoms with E-state index in [9.17, 15) is 8.42 Å². The van der Waals surface area contributed by atoms with Crippen LogP contribution in [0.5, 0.6) is 0 Å². The zero-order valence-electron chi connectivity index (χ0n) is 18.3. The Morgan fingerprint density at radius 3 is 2.53 bits per heavy atom. The third-order valence-corrected chi connectivity index (χ3v) is 7.65. The van der Waals surface area contributed by atoms with Gasteiger partial charge in [-0.25, -0.2) is 8.42 Å². The molecule has 1 aromatic heterocycles. The number of aliphatic imine (C=N–C) groups is 1. The normalized spacial score (nSPS) is 20.6. The maximum absolute atomic E-state index is 12.6. The third-order valence-electron chi connectivity index (χ3n) is 5.83. The van der Waals surface area contributed by atoms with E-state index in [1.807, 2.05) is 0 Å². The van der Waals surface area contributed by atoms with Crippen molar-refractivity contribution in [2.75, 3.05) is 58.9 Å². The molecule has 0 spiro atoms. The fourth-order valence-corrected chi connectivity index (χ4v) is 5.54. The molecule has 1 aromatic rings. The standard InChI is InChI=1S/C20H36N6O3S/c1-3-8-24-9-5-18(6-10-24)16-22-20(21-4-2)25-11-13-26(14-12-25)30(27,28)17-19-7-15-29-23-19/h7,15,18H,3-6,8-14,16-17H2,1-2H3,(H,21,22). The third kappa shape index (κ3) is 6.42. The molecule has 2 aliphatic heterocycles. The van der Waals surface area contributed by atoms with Crippen molar-refractivity contribution in [1.29, 1.82) is 0 Å². The number of rotatable bonds is 8. The highest BCUT2D eigenvalue weighted by Crippen LogP contribution is 2.18. The molecule has 10 heteroatoms. The Morgan fingerprint density at radius 2 is 1.93 bits per heavy atom. The number of likely N-dealkylation sites (tertiary alicyclic amines) is 1. The first-order valence-electron chi connectivity index (χ1n) is 11.1. The Hall–Kier alpha value is -1.65. The SMILES string of the molecule is CCCN1CCC(CN=C(NCC)N2CCN(S(=O)(=O)Cc3ccon3)CC2)CC1. The van der Waals surface area contributed by atoms with Crippen molar-refractivity contribution in [3.8, 4) is 0 Å². The Balaban J connectivity index is 1.50. The fourth-order valence-electron chi connectivity index (χ4n) is 4.12.